The van der Waals surface area contributed by atoms with Crippen LogP contribution in [0.1, 0.15) is 28.0 Å². The van der Waals surface area contributed by atoms with Crippen molar-refractivity contribution in [3.05, 3.63) is 59.7 Å². The van der Waals surface area contributed by atoms with Crippen LogP contribution < -0.4 is 0 Å². The van der Waals surface area contributed by atoms with Crippen molar-refractivity contribution >= 4 is 5.78 Å². The number of ketones is 1. The summed E-state index contributed by atoms with van der Waals surface area (Å²) < 4.78 is 38.3. The average Bonchev–Trinajstić information content (AvgIpc) is 2.45. The molecule has 104 valence electrons. The van der Waals surface area contributed by atoms with E-state index in [1.165, 1.54) is 0 Å². The molecule has 0 aliphatic rings. The van der Waals surface area contributed by atoms with Crippen molar-refractivity contribution in [3.8, 4) is 0 Å². The second-order valence-electron chi connectivity index (χ2n) is 4.16. The summed E-state index contributed by atoms with van der Waals surface area (Å²) in [6, 6.07) is 6.03. The van der Waals surface area contributed by atoms with Gasteiger partial charge in [0.05, 0.1) is 5.56 Å². The van der Waals surface area contributed by atoms with Gasteiger partial charge in [-0.25, -0.2) is 0 Å². The second kappa shape index (κ2) is 5.81. The number of Topliss-reactive ketones (excluding diaryl/α,β-unsaturated/α-hetero) is 1. The minimum absolute atomic E-state index is 0.0359. The lowest BCUT2D eigenvalue weighted by molar-refractivity contribution is -0.138. The molecule has 0 N–H and O–H groups in total. The zero-order valence-electron chi connectivity index (χ0n) is 10.4. The summed E-state index contributed by atoms with van der Waals surface area (Å²) in [5, 5.41) is 0. The highest BCUT2D eigenvalue weighted by Crippen LogP contribution is 2.31. The third-order valence-corrected chi connectivity index (χ3v) is 2.76. The Morgan fingerprint density at radius 3 is 2.60 bits per heavy atom. The van der Waals surface area contributed by atoms with Crippen LogP contribution in [0, 0.1) is 0 Å². The molecule has 2 aromatic heterocycles. The Bertz CT molecular complexity index is 597. The van der Waals surface area contributed by atoms with Crippen LogP contribution in [0.4, 0.5) is 13.2 Å². The first kappa shape index (κ1) is 14.2. The lowest BCUT2D eigenvalue weighted by Crippen LogP contribution is -2.14. The Morgan fingerprint density at radius 1 is 1.15 bits per heavy atom. The Morgan fingerprint density at radius 2 is 1.95 bits per heavy atom. The Hall–Kier alpha value is -2.24. The van der Waals surface area contributed by atoms with Gasteiger partial charge in [0, 0.05) is 36.3 Å². The number of pyridine rings is 2. The summed E-state index contributed by atoms with van der Waals surface area (Å²) in [5.74, 6) is -0.587. The summed E-state index contributed by atoms with van der Waals surface area (Å²) in [4.78, 5) is 19.5. The van der Waals surface area contributed by atoms with Gasteiger partial charge in [0.15, 0.2) is 5.78 Å². The van der Waals surface area contributed by atoms with E-state index in [0.29, 0.717) is 12.1 Å². The van der Waals surface area contributed by atoms with Gasteiger partial charge >= 0.3 is 6.18 Å². The molecule has 2 heterocycles. The topological polar surface area (TPSA) is 42.9 Å². The number of hydrogen-bond donors (Lipinski definition) is 0. The molecule has 0 aromatic carbocycles. The maximum atomic E-state index is 12.8. The van der Waals surface area contributed by atoms with Gasteiger partial charge in [-0.3, -0.25) is 14.8 Å². The smallest absolute Gasteiger partial charge is 0.294 e. The van der Waals surface area contributed by atoms with Crippen LogP contribution in [0.25, 0.3) is 0 Å². The fourth-order valence-electron chi connectivity index (χ4n) is 1.79. The number of rotatable bonds is 4. The highest BCUT2D eigenvalue weighted by Gasteiger charge is 2.34. The van der Waals surface area contributed by atoms with E-state index in [1.807, 2.05) is 0 Å². The molecule has 3 nitrogen and oxygen atoms in total. The molecule has 6 heteroatoms. The minimum atomic E-state index is -4.56. The molecule has 0 aliphatic heterocycles. The van der Waals surface area contributed by atoms with Crippen LogP contribution in [0.15, 0.2) is 42.9 Å². The molecule has 0 saturated heterocycles. The van der Waals surface area contributed by atoms with Gasteiger partial charge < -0.3 is 0 Å². The van der Waals surface area contributed by atoms with Gasteiger partial charge in [0.1, 0.15) is 0 Å². The molecule has 0 spiro atoms. The van der Waals surface area contributed by atoms with Crippen molar-refractivity contribution in [2.75, 3.05) is 0 Å². The molecule has 20 heavy (non-hydrogen) atoms. The number of halogens is 3. The SMILES string of the molecule is O=C(CCc1ccccn1)c1cnccc1C(F)(F)F. The first-order chi connectivity index (χ1) is 9.48. The lowest BCUT2D eigenvalue weighted by atomic mass is 10.0. The van der Waals surface area contributed by atoms with E-state index in [2.05, 4.69) is 9.97 Å². The normalized spacial score (nSPS) is 11.3. The molecule has 0 aliphatic carbocycles. The Kier molecular flexibility index (Phi) is 4.12. The van der Waals surface area contributed by atoms with Crippen molar-refractivity contribution in [1.29, 1.82) is 0 Å². The van der Waals surface area contributed by atoms with Gasteiger partial charge in [-0.15, -0.1) is 0 Å². The largest absolute Gasteiger partial charge is 0.417 e. The fraction of sp³-hybridized carbons (Fsp3) is 0.214. The standard InChI is InChI=1S/C14H11F3N2O/c15-14(16,17)12-6-8-18-9-11(12)13(20)5-4-10-3-1-2-7-19-10/h1-3,6-9H,4-5H2. The van der Waals surface area contributed by atoms with E-state index >= 15 is 0 Å². The first-order valence-electron chi connectivity index (χ1n) is 5.93. The summed E-state index contributed by atoms with van der Waals surface area (Å²) in [6.45, 7) is 0. The number of carbonyl (C=O) groups is 1. The fourth-order valence-corrected chi connectivity index (χ4v) is 1.79. The predicted molar refractivity (Wildman–Crippen MR) is 66.1 cm³/mol. The molecule has 0 fully saturated rings. The number of aryl methyl sites for hydroxylation is 1. The van der Waals surface area contributed by atoms with Crippen LogP contribution in [-0.2, 0) is 12.6 Å². The van der Waals surface area contributed by atoms with Crippen LogP contribution in [0.3, 0.4) is 0 Å². The van der Waals surface area contributed by atoms with E-state index in [-0.39, 0.29) is 6.42 Å². The van der Waals surface area contributed by atoms with Crippen molar-refractivity contribution < 1.29 is 18.0 Å². The first-order valence-corrected chi connectivity index (χ1v) is 5.93. The second-order valence-corrected chi connectivity index (χ2v) is 4.16. The number of nitrogens with zero attached hydrogens (tertiary/aromatic N) is 2. The monoisotopic (exact) mass is 280 g/mol. The zero-order chi connectivity index (χ0) is 14.6. The number of hydrogen-bond acceptors (Lipinski definition) is 3. The molecule has 0 unspecified atom stereocenters. The van der Waals surface area contributed by atoms with Crippen LogP contribution in [-0.4, -0.2) is 15.8 Å². The molecular weight excluding hydrogens is 269 g/mol. The van der Waals surface area contributed by atoms with Gasteiger partial charge in [-0.1, -0.05) is 6.07 Å². The molecule has 0 saturated carbocycles. The Balaban J connectivity index is 2.14. The third kappa shape index (κ3) is 3.40. The maximum Gasteiger partial charge on any atom is 0.417 e. The molecule has 2 aromatic rings. The van der Waals surface area contributed by atoms with E-state index in [4.69, 9.17) is 0 Å². The average molecular weight is 280 g/mol. The van der Waals surface area contributed by atoms with Crippen molar-refractivity contribution in [1.82, 2.24) is 9.97 Å². The van der Waals surface area contributed by atoms with Crippen LogP contribution >= 0.6 is 0 Å². The lowest BCUT2D eigenvalue weighted by Gasteiger charge is -2.11. The Labute approximate surface area is 113 Å². The minimum Gasteiger partial charge on any atom is -0.294 e. The molecule has 0 radical (unpaired) electrons. The molecular formula is C14H11F3N2O. The van der Waals surface area contributed by atoms with Crippen LogP contribution in [0.2, 0.25) is 0 Å². The molecule has 0 amide bonds. The molecule has 2 rings (SSSR count). The zero-order valence-corrected chi connectivity index (χ0v) is 10.4. The maximum absolute atomic E-state index is 12.8. The van der Waals surface area contributed by atoms with Crippen molar-refractivity contribution in [3.63, 3.8) is 0 Å². The number of carbonyl (C=O) groups excluding carboxylic acids is 1. The van der Waals surface area contributed by atoms with Crippen molar-refractivity contribution in [2.45, 2.75) is 19.0 Å². The van der Waals surface area contributed by atoms with Gasteiger partial charge in [-0.2, -0.15) is 13.2 Å². The van der Waals surface area contributed by atoms with E-state index in [0.717, 1.165) is 18.5 Å². The van der Waals surface area contributed by atoms with Crippen LogP contribution in [0.5, 0.6) is 0 Å². The third-order valence-electron chi connectivity index (χ3n) is 2.76. The van der Waals surface area contributed by atoms with E-state index in [1.54, 1.807) is 24.4 Å². The summed E-state index contributed by atoms with van der Waals surface area (Å²) in [5.41, 5.74) is -0.673. The molecule has 0 bridgehead atoms. The summed E-state index contributed by atoms with van der Waals surface area (Å²) in [7, 11) is 0. The highest BCUT2D eigenvalue weighted by atomic mass is 19.4. The van der Waals surface area contributed by atoms with E-state index < -0.39 is 23.1 Å². The summed E-state index contributed by atoms with van der Waals surface area (Å²) in [6.07, 6.45) is -0.733. The quantitative estimate of drug-likeness (QED) is 0.807. The highest BCUT2D eigenvalue weighted by molar-refractivity contribution is 5.97. The van der Waals surface area contributed by atoms with Gasteiger partial charge in [0.25, 0.3) is 0 Å². The molecule has 0 atom stereocenters. The number of aromatic nitrogens is 2. The van der Waals surface area contributed by atoms with Gasteiger partial charge in [-0.05, 0) is 24.6 Å². The number of alkyl halides is 3. The van der Waals surface area contributed by atoms with Gasteiger partial charge in [0.2, 0.25) is 0 Å². The summed E-state index contributed by atoms with van der Waals surface area (Å²) >= 11 is 0. The van der Waals surface area contributed by atoms with E-state index in [9.17, 15) is 18.0 Å². The predicted octanol–water partition coefficient (Wildman–Crippen LogP) is 3.31. The van der Waals surface area contributed by atoms with Crippen molar-refractivity contribution in [2.24, 2.45) is 0 Å².